The number of carbonyl (C=O) groups excluding carboxylic acids is 1. The summed E-state index contributed by atoms with van der Waals surface area (Å²) in [4.78, 5) is 28.0. The van der Waals surface area contributed by atoms with Gasteiger partial charge in [-0.3, -0.25) is 0 Å². The zero-order chi connectivity index (χ0) is 18.6. The molecule has 2 heterocycles. The van der Waals surface area contributed by atoms with Gasteiger partial charge < -0.3 is 14.8 Å². The lowest BCUT2D eigenvalue weighted by Crippen LogP contribution is -2.62. The number of H-pyrrole nitrogens is 1. The van der Waals surface area contributed by atoms with Crippen molar-refractivity contribution in [1.82, 2.24) is 4.98 Å². The highest BCUT2D eigenvalue weighted by molar-refractivity contribution is 6.31. The average Bonchev–Trinajstić information content (AvgIpc) is 2.80. The van der Waals surface area contributed by atoms with Crippen molar-refractivity contribution in [2.45, 2.75) is 45.4 Å². The zero-order valence-electron chi connectivity index (χ0n) is 14.7. The number of likely N-dealkylation sites (N-methyl/N-ethyl adjacent to an activating group) is 1. The number of carboxylic acids is 1. The molecular formula is C18H22ClN2O4+. The van der Waals surface area contributed by atoms with Crippen LogP contribution >= 0.6 is 11.6 Å². The number of halogens is 1. The molecule has 0 fully saturated rings. The van der Waals surface area contributed by atoms with Gasteiger partial charge in [0.15, 0.2) is 0 Å². The largest absolute Gasteiger partial charge is 0.517 e. The van der Waals surface area contributed by atoms with E-state index >= 15 is 0 Å². The van der Waals surface area contributed by atoms with Gasteiger partial charge in [0.2, 0.25) is 6.04 Å². The molecule has 2 unspecified atom stereocenters. The maximum Gasteiger partial charge on any atom is 0.517 e. The molecule has 1 aliphatic heterocycles. The van der Waals surface area contributed by atoms with E-state index in [1.165, 1.54) is 0 Å². The van der Waals surface area contributed by atoms with Crippen molar-refractivity contribution >= 4 is 34.6 Å². The first kappa shape index (κ1) is 17.8. The van der Waals surface area contributed by atoms with Crippen molar-refractivity contribution in [1.29, 1.82) is 0 Å². The van der Waals surface area contributed by atoms with Crippen molar-refractivity contribution in [3.8, 4) is 0 Å². The van der Waals surface area contributed by atoms with Crippen LogP contribution in [-0.4, -0.2) is 45.3 Å². The third kappa shape index (κ3) is 3.12. The molecule has 0 saturated carbocycles. The first-order valence-electron chi connectivity index (χ1n) is 8.12. The van der Waals surface area contributed by atoms with Crippen LogP contribution in [0.2, 0.25) is 5.02 Å². The summed E-state index contributed by atoms with van der Waals surface area (Å²) in [6.45, 7) is 5.54. The van der Waals surface area contributed by atoms with Crippen LogP contribution in [0, 0.1) is 0 Å². The molecule has 0 bridgehead atoms. The normalized spacial score (nSPS) is 23.3. The van der Waals surface area contributed by atoms with Crippen LogP contribution in [0.3, 0.4) is 0 Å². The van der Waals surface area contributed by atoms with Crippen LogP contribution < -0.4 is 0 Å². The number of nitrogens with one attached hydrogen (secondary N) is 1. The van der Waals surface area contributed by atoms with Crippen molar-refractivity contribution in [2.75, 3.05) is 7.05 Å². The summed E-state index contributed by atoms with van der Waals surface area (Å²) in [5, 5.41) is 11.3. The second kappa shape index (κ2) is 5.75. The number of quaternary nitrogens is 1. The van der Waals surface area contributed by atoms with Crippen LogP contribution in [0.1, 0.15) is 32.0 Å². The number of amides is 1. The van der Waals surface area contributed by atoms with Crippen molar-refractivity contribution in [3.05, 3.63) is 34.5 Å². The van der Waals surface area contributed by atoms with E-state index in [-0.39, 0.29) is 17.4 Å². The second-order valence-electron chi connectivity index (χ2n) is 7.74. The molecule has 1 aromatic heterocycles. The van der Waals surface area contributed by atoms with Gasteiger partial charge in [-0.15, -0.1) is 0 Å². The topological polar surface area (TPSA) is 79.4 Å². The molecule has 0 radical (unpaired) electrons. The molecule has 1 aromatic carbocycles. The summed E-state index contributed by atoms with van der Waals surface area (Å²) in [5.74, 6) is -1.02. The summed E-state index contributed by atoms with van der Waals surface area (Å²) in [7, 11) is 1.62. The molecular weight excluding hydrogens is 344 g/mol. The number of carbonyl (C=O) groups is 2. The highest BCUT2D eigenvalue weighted by atomic mass is 35.5. The first-order chi connectivity index (χ1) is 11.5. The van der Waals surface area contributed by atoms with E-state index in [1.54, 1.807) is 33.9 Å². The van der Waals surface area contributed by atoms with Gasteiger partial charge in [-0.1, -0.05) is 11.6 Å². The highest BCUT2D eigenvalue weighted by Gasteiger charge is 2.51. The fourth-order valence-electron chi connectivity index (χ4n) is 3.37. The van der Waals surface area contributed by atoms with Gasteiger partial charge in [-0.2, -0.15) is 4.79 Å². The number of hydrogen-bond donors (Lipinski definition) is 2. The van der Waals surface area contributed by atoms with Crippen molar-refractivity contribution < 1.29 is 23.9 Å². The number of aromatic nitrogens is 1. The summed E-state index contributed by atoms with van der Waals surface area (Å²) in [6, 6.07) is 4.56. The average molecular weight is 366 g/mol. The Bertz CT molecular complexity index is 868. The van der Waals surface area contributed by atoms with Gasteiger partial charge in [0.1, 0.15) is 12.1 Å². The Balaban J connectivity index is 2.08. The van der Waals surface area contributed by atoms with Gasteiger partial charge >= 0.3 is 12.1 Å². The summed E-state index contributed by atoms with van der Waals surface area (Å²) in [5.41, 5.74) is 1.96. The van der Waals surface area contributed by atoms with Gasteiger partial charge in [0.05, 0.1) is 12.7 Å². The molecule has 2 atom stereocenters. The molecule has 3 rings (SSSR count). The van der Waals surface area contributed by atoms with E-state index in [9.17, 15) is 14.7 Å². The number of aliphatic carboxylic acids is 1. The van der Waals surface area contributed by atoms with E-state index in [1.807, 2.05) is 12.1 Å². The summed E-state index contributed by atoms with van der Waals surface area (Å²) in [6.07, 6.45) is -0.303. The van der Waals surface area contributed by atoms with E-state index in [4.69, 9.17) is 16.3 Å². The minimum Gasteiger partial charge on any atom is -0.477 e. The summed E-state index contributed by atoms with van der Waals surface area (Å²) >= 11 is 6.09. The monoisotopic (exact) mass is 365 g/mol. The molecule has 0 aliphatic carbocycles. The van der Waals surface area contributed by atoms with Gasteiger partial charge in [0.25, 0.3) is 0 Å². The predicted molar refractivity (Wildman–Crippen MR) is 94.6 cm³/mol. The number of rotatable bonds is 1. The summed E-state index contributed by atoms with van der Waals surface area (Å²) < 4.78 is 5.17. The maximum absolute atomic E-state index is 12.8. The Labute approximate surface area is 150 Å². The number of nitrogens with zero attached hydrogens (tertiary/aromatic N) is 1. The lowest BCUT2D eigenvalue weighted by Gasteiger charge is -2.39. The lowest BCUT2D eigenvalue weighted by molar-refractivity contribution is -0.871. The minimum atomic E-state index is -1.02. The van der Waals surface area contributed by atoms with Crippen molar-refractivity contribution in [2.24, 2.45) is 0 Å². The molecule has 1 aliphatic rings. The SMILES string of the molecule is CC(C)(C)OC(=O)[N+]1(C)Cc2[nH]c3ccc(Cl)cc3c2CC1C(=O)O. The standard InChI is InChI=1S/C18H21ClN2O4/c1-18(2,3)25-17(24)21(4)9-14-12(8-15(21)16(22)23)11-7-10(19)5-6-13(11)20-14/h5-7,15,20H,8-9H2,1-4H3/p+1. The molecule has 6 nitrogen and oxygen atoms in total. The van der Waals surface area contributed by atoms with Crippen LogP contribution in [0.5, 0.6) is 0 Å². The molecule has 1 amide bonds. The van der Waals surface area contributed by atoms with Crippen LogP contribution in [0.25, 0.3) is 10.9 Å². The van der Waals surface area contributed by atoms with Gasteiger partial charge in [-0.05, 0) is 44.5 Å². The molecule has 2 aromatic rings. The van der Waals surface area contributed by atoms with E-state index in [0.717, 1.165) is 22.2 Å². The number of carboxylic acid groups (broad SMARTS) is 1. The van der Waals surface area contributed by atoms with Crippen molar-refractivity contribution in [3.63, 3.8) is 0 Å². The van der Waals surface area contributed by atoms with E-state index in [0.29, 0.717) is 5.02 Å². The Morgan fingerprint density at radius 2 is 2.04 bits per heavy atom. The number of benzene rings is 1. The zero-order valence-corrected chi connectivity index (χ0v) is 15.5. The third-order valence-electron chi connectivity index (χ3n) is 4.62. The molecule has 134 valence electrons. The molecule has 7 heteroatoms. The van der Waals surface area contributed by atoms with E-state index in [2.05, 4.69) is 4.98 Å². The Morgan fingerprint density at radius 1 is 1.36 bits per heavy atom. The second-order valence-corrected chi connectivity index (χ2v) is 8.17. The third-order valence-corrected chi connectivity index (χ3v) is 4.86. The minimum absolute atomic E-state index is 0.230. The van der Waals surface area contributed by atoms with Gasteiger partial charge in [-0.25, -0.2) is 9.28 Å². The molecule has 25 heavy (non-hydrogen) atoms. The molecule has 2 N–H and O–H groups in total. The molecule has 0 spiro atoms. The number of ether oxygens (including phenoxy) is 1. The van der Waals surface area contributed by atoms with Crippen LogP contribution in [0.15, 0.2) is 18.2 Å². The number of aromatic amines is 1. The maximum atomic E-state index is 12.8. The quantitative estimate of drug-likeness (QED) is 0.755. The highest BCUT2D eigenvalue weighted by Crippen LogP contribution is 2.36. The number of hydrogen-bond acceptors (Lipinski definition) is 3. The fourth-order valence-corrected chi connectivity index (χ4v) is 3.54. The van der Waals surface area contributed by atoms with E-state index < -0.39 is 23.7 Å². The van der Waals surface area contributed by atoms with Crippen LogP contribution in [0.4, 0.5) is 4.79 Å². The first-order valence-corrected chi connectivity index (χ1v) is 8.49. The Morgan fingerprint density at radius 3 is 2.64 bits per heavy atom. The smallest absolute Gasteiger partial charge is 0.477 e. The predicted octanol–water partition coefficient (Wildman–Crippen LogP) is 3.71. The number of fused-ring (bicyclic) bond motifs is 3. The Hall–Kier alpha value is -2.05. The molecule has 0 saturated heterocycles. The fraction of sp³-hybridized carbons (Fsp3) is 0.444. The van der Waals surface area contributed by atoms with Gasteiger partial charge in [0, 0.05) is 22.3 Å². The van der Waals surface area contributed by atoms with Crippen LogP contribution in [-0.2, 0) is 22.5 Å². The lowest BCUT2D eigenvalue weighted by atomic mass is 9.95. The Kier molecular flexibility index (Phi) is 4.08.